The summed E-state index contributed by atoms with van der Waals surface area (Å²) >= 11 is 0. The molecule has 1 aliphatic heterocycles. The predicted molar refractivity (Wildman–Crippen MR) is 81.6 cm³/mol. The number of benzene rings is 1. The molecule has 1 amide bonds. The summed E-state index contributed by atoms with van der Waals surface area (Å²) < 4.78 is 0. The Balaban J connectivity index is 2.29. The summed E-state index contributed by atoms with van der Waals surface area (Å²) in [4.78, 5) is 25.1. The van der Waals surface area contributed by atoms with Gasteiger partial charge in [-0.1, -0.05) is 0 Å². The molecule has 1 unspecified atom stereocenters. The van der Waals surface area contributed by atoms with E-state index in [0.717, 1.165) is 25.8 Å². The lowest BCUT2D eigenvalue weighted by Gasteiger charge is -2.33. The van der Waals surface area contributed by atoms with Crippen LogP contribution in [0.15, 0.2) is 18.2 Å². The molecule has 1 saturated heterocycles. The van der Waals surface area contributed by atoms with Gasteiger partial charge in [0, 0.05) is 30.8 Å². The Morgan fingerprint density at radius 2 is 2.24 bits per heavy atom. The fourth-order valence-electron chi connectivity index (χ4n) is 2.72. The SMILES string of the molecule is CCNc1ccc(C(=O)N2CCCCC2C)cc1[N+](=O)[O-]. The Kier molecular flexibility index (Phi) is 4.77. The summed E-state index contributed by atoms with van der Waals surface area (Å²) in [6, 6.07) is 4.85. The first-order valence-electron chi connectivity index (χ1n) is 7.38. The average molecular weight is 291 g/mol. The minimum Gasteiger partial charge on any atom is -0.380 e. The highest BCUT2D eigenvalue weighted by atomic mass is 16.6. The molecule has 0 aliphatic carbocycles. The van der Waals surface area contributed by atoms with Crippen molar-refractivity contribution in [1.29, 1.82) is 0 Å². The minimum absolute atomic E-state index is 0.0487. The van der Waals surface area contributed by atoms with E-state index in [1.165, 1.54) is 6.07 Å². The van der Waals surface area contributed by atoms with Gasteiger partial charge in [-0.25, -0.2) is 0 Å². The number of carbonyl (C=O) groups is 1. The van der Waals surface area contributed by atoms with Crippen LogP contribution in [0.4, 0.5) is 11.4 Å². The lowest BCUT2D eigenvalue weighted by atomic mass is 10.0. The summed E-state index contributed by atoms with van der Waals surface area (Å²) in [5.41, 5.74) is 0.787. The number of carbonyl (C=O) groups excluding carboxylic acids is 1. The molecular formula is C15H21N3O3. The molecule has 1 aromatic rings. The molecule has 1 fully saturated rings. The Morgan fingerprint density at radius 1 is 1.48 bits per heavy atom. The first-order valence-corrected chi connectivity index (χ1v) is 7.38. The maximum Gasteiger partial charge on any atom is 0.293 e. The maximum atomic E-state index is 12.5. The molecule has 1 atom stereocenters. The third-order valence-electron chi connectivity index (χ3n) is 3.87. The zero-order chi connectivity index (χ0) is 15.4. The first kappa shape index (κ1) is 15.3. The van der Waals surface area contributed by atoms with Crippen LogP contribution < -0.4 is 5.32 Å². The second-order valence-corrected chi connectivity index (χ2v) is 5.36. The third kappa shape index (κ3) is 3.32. The molecule has 2 rings (SSSR count). The van der Waals surface area contributed by atoms with Gasteiger partial charge in [-0.05, 0) is 45.2 Å². The number of nitro benzene ring substituents is 1. The van der Waals surface area contributed by atoms with E-state index >= 15 is 0 Å². The van der Waals surface area contributed by atoms with Crippen molar-refractivity contribution in [1.82, 2.24) is 4.90 Å². The molecule has 0 saturated carbocycles. The number of hydrogen-bond acceptors (Lipinski definition) is 4. The first-order chi connectivity index (χ1) is 10.0. The summed E-state index contributed by atoms with van der Waals surface area (Å²) in [7, 11) is 0. The monoisotopic (exact) mass is 291 g/mol. The van der Waals surface area contributed by atoms with Gasteiger partial charge in [-0.15, -0.1) is 0 Å². The third-order valence-corrected chi connectivity index (χ3v) is 3.87. The van der Waals surface area contributed by atoms with Crippen LogP contribution in [0.2, 0.25) is 0 Å². The van der Waals surface area contributed by atoms with Crippen molar-refractivity contribution in [3.8, 4) is 0 Å². The van der Waals surface area contributed by atoms with Crippen LogP contribution in [0.5, 0.6) is 0 Å². The second kappa shape index (κ2) is 6.56. The van der Waals surface area contributed by atoms with Crippen LogP contribution in [-0.4, -0.2) is 34.9 Å². The van der Waals surface area contributed by atoms with Gasteiger partial charge < -0.3 is 10.2 Å². The number of nitro groups is 1. The molecule has 0 spiro atoms. The molecule has 0 bridgehead atoms. The van der Waals surface area contributed by atoms with Crippen LogP contribution in [0, 0.1) is 10.1 Å². The summed E-state index contributed by atoms with van der Waals surface area (Å²) in [6.45, 7) is 5.22. The fourth-order valence-corrected chi connectivity index (χ4v) is 2.72. The summed E-state index contributed by atoms with van der Waals surface area (Å²) in [5, 5.41) is 14.1. The lowest BCUT2D eigenvalue weighted by molar-refractivity contribution is -0.384. The van der Waals surface area contributed by atoms with Gasteiger partial charge >= 0.3 is 0 Å². The van der Waals surface area contributed by atoms with Crippen LogP contribution in [0.1, 0.15) is 43.5 Å². The number of hydrogen-bond donors (Lipinski definition) is 1. The van der Waals surface area contributed by atoms with Crippen molar-refractivity contribution >= 4 is 17.3 Å². The van der Waals surface area contributed by atoms with E-state index in [1.807, 2.05) is 18.7 Å². The van der Waals surface area contributed by atoms with Crippen molar-refractivity contribution < 1.29 is 9.72 Å². The van der Waals surface area contributed by atoms with Gasteiger partial charge in [0.15, 0.2) is 0 Å². The smallest absolute Gasteiger partial charge is 0.293 e. The van der Waals surface area contributed by atoms with Crippen molar-refractivity contribution in [2.45, 2.75) is 39.2 Å². The van der Waals surface area contributed by atoms with E-state index < -0.39 is 4.92 Å². The Labute approximate surface area is 124 Å². The van der Waals surface area contributed by atoms with Crippen molar-refractivity contribution in [2.24, 2.45) is 0 Å². The van der Waals surface area contributed by atoms with Gasteiger partial charge in [0.2, 0.25) is 0 Å². The molecule has 0 aromatic heterocycles. The zero-order valence-corrected chi connectivity index (χ0v) is 12.5. The van der Waals surface area contributed by atoms with Crippen molar-refractivity contribution in [3.05, 3.63) is 33.9 Å². The molecule has 1 N–H and O–H groups in total. The number of likely N-dealkylation sites (tertiary alicyclic amines) is 1. The van der Waals surface area contributed by atoms with E-state index in [1.54, 1.807) is 12.1 Å². The molecule has 1 aliphatic rings. The van der Waals surface area contributed by atoms with Gasteiger partial charge in [0.25, 0.3) is 11.6 Å². The molecule has 1 heterocycles. The van der Waals surface area contributed by atoms with E-state index in [9.17, 15) is 14.9 Å². The topological polar surface area (TPSA) is 75.5 Å². The molecule has 1 aromatic carbocycles. The molecule has 6 heteroatoms. The van der Waals surface area contributed by atoms with Crippen molar-refractivity contribution in [2.75, 3.05) is 18.4 Å². The quantitative estimate of drug-likeness (QED) is 0.683. The molecule has 0 radical (unpaired) electrons. The standard InChI is InChI=1S/C15H21N3O3/c1-3-16-13-8-7-12(10-14(13)18(20)21)15(19)17-9-5-4-6-11(17)2/h7-8,10-11,16H,3-6,9H2,1-2H3. The second-order valence-electron chi connectivity index (χ2n) is 5.36. The molecule has 21 heavy (non-hydrogen) atoms. The van der Waals surface area contributed by atoms with E-state index in [4.69, 9.17) is 0 Å². The lowest BCUT2D eigenvalue weighted by Crippen LogP contribution is -2.42. The largest absolute Gasteiger partial charge is 0.380 e. The van der Waals surface area contributed by atoms with Crippen LogP contribution in [0.3, 0.4) is 0 Å². The van der Waals surface area contributed by atoms with Gasteiger partial charge in [-0.2, -0.15) is 0 Å². The predicted octanol–water partition coefficient (Wildman–Crippen LogP) is 3.04. The number of rotatable bonds is 4. The Hall–Kier alpha value is -2.11. The number of amides is 1. The Bertz CT molecular complexity index is 545. The zero-order valence-electron chi connectivity index (χ0n) is 12.5. The molecule has 6 nitrogen and oxygen atoms in total. The average Bonchev–Trinajstić information content (AvgIpc) is 2.47. The number of piperidine rings is 1. The highest BCUT2D eigenvalue weighted by molar-refractivity contribution is 5.96. The highest BCUT2D eigenvalue weighted by Crippen LogP contribution is 2.27. The Morgan fingerprint density at radius 3 is 2.86 bits per heavy atom. The summed E-state index contributed by atoms with van der Waals surface area (Å²) in [6.07, 6.45) is 3.11. The van der Waals surface area contributed by atoms with Crippen LogP contribution in [-0.2, 0) is 0 Å². The number of nitrogens with one attached hydrogen (secondary N) is 1. The number of anilines is 1. The van der Waals surface area contributed by atoms with Crippen LogP contribution >= 0.6 is 0 Å². The minimum atomic E-state index is -0.450. The van der Waals surface area contributed by atoms with Crippen molar-refractivity contribution in [3.63, 3.8) is 0 Å². The van der Waals surface area contributed by atoms with Crippen LogP contribution in [0.25, 0.3) is 0 Å². The maximum absolute atomic E-state index is 12.5. The van der Waals surface area contributed by atoms with Gasteiger partial charge in [-0.3, -0.25) is 14.9 Å². The highest BCUT2D eigenvalue weighted by Gasteiger charge is 2.26. The van der Waals surface area contributed by atoms with E-state index in [0.29, 0.717) is 17.8 Å². The van der Waals surface area contributed by atoms with E-state index in [-0.39, 0.29) is 17.6 Å². The fraction of sp³-hybridized carbons (Fsp3) is 0.533. The summed E-state index contributed by atoms with van der Waals surface area (Å²) in [5.74, 6) is -0.117. The molecule has 114 valence electrons. The molecular weight excluding hydrogens is 270 g/mol. The van der Waals surface area contributed by atoms with Gasteiger partial charge in [0.05, 0.1) is 4.92 Å². The van der Waals surface area contributed by atoms with E-state index in [2.05, 4.69) is 5.32 Å². The van der Waals surface area contributed by atoms with Gasteiger partial charge in [0.1, 0.15) is 5.69 Å². The normalized spacial score (nSPS) is 18.4. The number of nitrogens with zero attached hydrogens (tertiary/aromatic N) is 2.